The van der Waals surface area contributed by atoms with Gasteiger partial charge in [-0.25, -0.2) is 17.2 Å². The fourth-order valence-electron chi connectivity index (χ4n) is 4.56. The molecule has 2 heterocycles. The van der Waals surface area contributed by atoms with Crippen LogP contribution in [0.3, 0.4) is 0 Å². The number of sulfonamides is 1. The Labute approximate surface area is 204 Å². The predicted octanol–water partition coefficient (Wildman–Crippen LogP) is 0.0845. The van der Waals surface area contributed by atoms with Crippen molar-refractivity contribution in [1.29, 1.82) is 0 Å². The summed E-state index contributed by atoms with van der Waals surface area (Å²) in [5, 5.41) is 5.52. The lowest BCUT2D eigenvalue weighted by atomic mass is 10.1. The minimum absolute atomic E-state index is 0.0141. The molecule has 1 aromatic rings. The maximum atomic E-state index is 13.8. The summed E-state index contributed by atoms with van der Waals surface area (Å²) >= 11 is 0. The Hall–Kier alpha value is -2.35. The number of rotatable bonds is 9. The summed E-state index contributed by atoms with van der Waals surface area (Å²) in [6, 6.07) is 0.190. The van der Waals surface area contributed by atoms with E-state index in [-0.39, 0.29) is 18.8 Å². The van der Waals surface area contributed by atoms with Crippen molar-refractivity contribution in [3.05, 3.63) is 29.8 Å². The van der Waals surface area contributed by atoms with Gasteiger partial charge in [0.15, 0.2) is 11.6 Å². The molecule has 2 N–H and O–H groups in total. The van der Waals surface area contributed by atoms with E-state index in [0.29, 0.717) is 6.42 Å². The molecule has 35 heavy (non-hydrogen) atoms. The Morgan fingerprint density at radius 2 is 1.89 bits per heavy atom. The van der Waals surface area contributed by atoms with Crippen LogP contribution in [-0.2, 0) is 24.3 Å². The van der Waals surface area contributed by atoms with Crippen molar-refractivity contribution in [2.75, 3.05) is 33.5 Å². The van der Waals surface area contributed by atoms with Gasteiger partial charge in [-0.3, -0.25) is 9.59 Å². The normalized spacial score (nSPS) is 25.1. The van der Waals surface area contributed by atoms with E-state index < -0.39 is 69.8 Å². The molecular formula is C22H32F2N4O6S. The fourth-order valence-corrected chi connectivity index (χ4v) is 5.70. The molecule has 1 aromatic carbocycles. The lowest BCUT2D eigenvalue weighted by molar-refractivity contribution is -0.142. The Balaban J connectivity index is 1.91. The van der Waals surface area contributed by atoms with E-state index in [0.717, 1.165) is 18.4 Å². The number of nitrogens with zero attached hydrogens (tertiary/aromatic N) is 2. The third kappa shape index (κ3) is 5.74. The SMILES string of the molecule is CNC(C)C(=O)NC(C(=O)N1CCC2C1C(Oc1ccc(F)c(F)c1)CN2S(C)(=O)=O)C(C)OC. The van der Waals surface area contributed by atoms with Gasteiger partial charge < -0.3 is 25.0 Å². The number of carbonyl (C=O) groups is 2. The third-order valence-corrected chi connectivity index (χ3v) is 7.92. The van der Waals surface area contributed by atoms with Gasteiger partial charge in [0.2, 0.25) is 21.8 Å². The highest BCUT2D eigenvalue weighted by Gasteiger charge is 2.55. The van der Waals surface area contributed by atoms with Crippen molar-refractivity contribution in [3.8, 4) is 5.75 Å². The number of ether oxygens (including phenoxy) is 2. The molecule has 0 saturated carbocycles. The Morgan fingerprint density at radius 3 is 2.46 bits per heavy atom. The van der Waals surface area contributed by atoms with E-state index in [2.05, 4.69) is 10.6 Å². The number of amides is 2. The first-order valence-corrected chi connectivity index (χ1v) is 13.1. The number of fused-ring (bicyclic) bond motifs is 1. The highest BCUT2D eigenvalue weighted by molar-refractivity contribution is 7.88. The number of hydrogen-bond acceptors (Lipinski definition) is 7. The van der Waals surface area contributed by atoms with Crippen LogP contribution in [-0.4, -0.2) is 99.3 Å². The number of nitrogens with one attached hydrogen (secondary N) is 2. The number of hydrogen-bond donors (Lipinski definition) is 2. The van der Waals surface area contributed by atoms with E-state index in [1.807, 2.05) is 0 Å². The highest BCUT2D eigenvalue weighted by Crippen LogP contribution is 2.36. The molecule has 0 aromatic heterocycles. The largest absolute Gasteiger partial charge is 0.487 e. The summed E-state index contributed by atoms with van der Waals surface area (Å²) in [4.78, 5) is 27.7. The van der Waals surface area contributed by atoms with Gasteiger partial charge in [0.1, 0.15) is 17.9 Å². The van der Waals surface area contributed by atoms with E-state index in [1.165, 1.54) is 22.4 Å². The molecule has 6 atom stereocenters. The quantitative estimate of drug-likeness (QED) is 0.476. The smallest absolute Gasteiger partial charge is 0.248 e. The molecule has 6 unspecified atom stereocenters. The summed E-state index contributed by atoms with van der Waals surface area (Å²) in [6.45, 7) is 3.45. The van der Waals surface area contributed by atoms with Crippen LogP contribution in [0.5, 0.6) is 5.75 Å². The fraction of sp³-hybridized carbons (Fsp3) is 0.636. The number of halogens is 2. The van der Waals surface area contributed by atoms with Gasteiger partial charge in [0, 0.05) is 19.7 Å². The van der Waals surface area contributed by atoms with Crippen molar-refractivity contribution >= 4 is 21.8 Å². The summed E-state index contributed by atoms with van der Waals surface area (Å²) < 4.78 is 64.6. The zero-order valence-corrected chi connectivity index (χ0v) is 21.1. The van der Waals surface area contributed by atoms with Crippen molar-refractivity contribution in [2.24, 2.45) is 0 Å². The zero-order chi connectivity index (χ0) is 26.1. The molecule has 10 nitrogen and oxygen atoms in total. The third-order valence-electron chi connectivity index (χ3n) is 6.65. The average Bonchev–Trinajstić information content (AvgIpc) is 3.39. The Kier molecular flexibility index (Phi) is 8.35. The van der Waals surface area contributed by atoms with Gasteiger partial charge in [-0.15, -0.1) is 0 Å². The van der Waals surface area contributed by atoms with Gasteiger partial charge in [-0.1, -0.05) is 0 Å². The molecule has 2 fully saturated rings. The van der Waals surface area contributed by atoms with Crippen molar-refractivity contribution in [1.82, 2.24) is 19.8 Å². The molecule has 0 spiro atoms. The summed E-state index contributed by atoms with van der Waals surface area (Å²) in [6.07, 6.45) is -0.0799. The van der Waals surface area contributed by atoms with Crippen LogP contribution in [0.15, 0.2) is 18.2 Å². The average molecular weight is 519 g/mol. The monoisotopic (exact) mass is 518 g/mol. The van der Waals surface area contributed by atoms with Crippen molar-refractivity contribution < 1.29 is 36.3 Å². The van der Waals surface area contributed by atoms with E-state index in [9.17, 15) is 26.8 Å². The second-order valence-corrected chi connectivity index (χ2v) is 10.8. The maximum absolute atomic E-state index is 13.8. The molecule has 2 aliphatic heterocycles. The number of likely N-dealkylation sites (tertiary alicyclic amines) is 1. The first-order valence-electron chi connectivity index (χ1n) is 11.3. The molecule has 0 bridgehead atoms. The molecule has 2 aliphatic rings. The Bertz CT molecular complexity index is 1060. The lowest BCUT2D eigenvalue weighted by Crippen LogP contribution is -2.59. The van der Waals surface area contributed by atoms with Gasteiger partial charge in [0.25, 0.3) is 0 Å². The minimum atomic E-state index is -3.64. The first kappa shape index (κ1) is 27.2. The predicted molar refractivity (Wildman–Crippen MR) is 123 cm³/mol. The second kappa shape index (κ2) is 10.7. The number of benzene rings is 1. The molecular weight excluding hydrogens is 486 g/mol. The van der Waals surface area contributed by atoms with Crippen LogP contribution >= 0.6 is 0 Å². The molecule has 3 rings (SSSR count). The topological polar surface area (TPSA) is 117 Å². The molecule has 196 valence electrons. The van der Waals surface area contributed by atoms with Gasteiger partial charge >= 0.3 is 0 Å². The summed E-state index contributed by atoms with van der Waals surface area (Å²) in [7, 11) is -0.609. The molecule has 0 aliphatic carbocycles. The van der Waals surface area contributed by atoms with Crippen LogP contribution in [0.4, 0.5) is 8.78 Å². The van der Waals surface area contributed by atoms with Crippen molar-refractivity contribution in [3.63, 3.8) is 0 Å². The summed E-state index contributed by atoms with van der Waals surface area (Å²) in [5.74, 6) is -2.98. The van der Waals surface area contributed by atoms with Gasteiger partial charge in [-0.2, -0.15) is 4.31 Å². The number of likely N-dealkylation sites (N-methyl/N-ethyl adjacent to an activating group) is 1. The lowest BCUT2D eigenvalue weighted by Gasteiger charge is -2.34. The van der Waals surface area contributed by atoms with Gasteiger partial charge in [-0.05, 0) is 39.4 Å². The molecule has 13 heteroatoms. The van der Waals surface area contributed by atoms with Crippen LogP contribution in [0, 0.1) is 11.6 Å². The van der Waals surface area contributed by atoms with Crippen LogP contribution in [0.25, 0.3) is 0 Å². The van der Waals surface area contributed by atoms with Gasteiger partial charge in [0.05, 0.1) is 37.0 Å². The van der Waals surface area contributed by atoms with Crippen molar-refractivity contribution in [2.45, 2.75) is 56.6 Å². The zero-order valence-electron chi connectivity index (χ0n) is 20.3. The van der Waals surface area contributed by atoms with E-state index in [4.69, 9.17) is 9.47 Å². The number of carbonyl (C=O) groups excluding carboxylic acids is 2. The molecule has 2 saturated heterocycles. The van der Waals surface area contributed by atoms with Crippen LogP contribution < -0.4 is 15.4 Å². The van der Waals surface area contributed by atoms with E-state index >= 15 is 0 Å². The first-order chi connectivity index (χ1) is 16.4. The van der Waals surface area contributed by atoms with Crippen LogP contribution in [0.1, 0.15) is 20.3 Å². The van der Waals surface area contributed by atoms with Crippen LogP contribution in [0.2, 0.25) is 0 Å². The standard InChI is InChI=1S/C22H32F2N4O6S/c1-12(25-3)21(29)26-19(13(2)33-4)22(30)27-9-8-17-20(27)18(11-28(17)35(5,31)32)34-14-6-7-15(23)16(24)10-14/h6-7,10,12-13,17-20,25H,8-9,11H2,1-5H3,(H,26,29). The minimum Gasteiger partial charge on any atom is -0.487 e. The Morgan fingerprint density at radius 1 is 1.20 bits per heavy atom. The van der Waals surface area contributed by atoms with E-state index in [1.54, 1.807) is 20.9 Å². The second-order valence-electron chi connectivity index (χ2n) is 8.88. The highest BCUT2D eigenvalue weighted by atomic mass is 32.2. The maximum Gasteiger partial charge on any atom is 0.248 e. The molecule has 2 amide bonds. The number of methoxy groups -OCH3 is 1. The molecule has 0 radical (unpaired) electrons. The summed E-state index contributed by atoms with van der Waals surface area (Å²) in [5.41, 5.74) is 0.